The third-order valence-corrected chi connectivity index (χ3v) is 2.12. The van der Waals surface area contributed by atoms with Crippen molar-refractivity contribution < 1.29 is 9.13 Å². The molecule has 1 aliphatic rings. The Bertz CT molecular complexity index is 405. The molecule has 0 fully saturated rings. The lowest BCUT2D eigenvalue weighted by atomic mass is 10.0. The molecule has 1 heterocycles. The summed E-state index contributed by atoms with van der Waals surface area (Å²) in [5.74, 6) is 0.484. The molecule has 1 aromatic carbocycles. The minimum absolute atomic E-state index is 0.232. The van der Waals surface area contributed by atoms with Crippen LogP contribution in [0.3, 0.4) is 0 Å². The Morgan fingerprint density at radius 3 is 3.07 bits per heavy atom. The molecule has 1 aromatic rings. The molecule has 2 rings (SSSR count). The van der Waals surface area contributed by atoms with Gasteiger partial charge >= 0.3 is 0 Å². The molecule has 14 heavy (non-hydrogen) atoms. The molecule has 0 aromatic heterocycles. The average molecular weight is 190 g/mol. The zero-order valence-electron chi connectivity index (χ0n) is 7.96. The third-order valence-electron chi connectivity index (χ3n) is 2.12. The monoisotopic (exact) mass is 190 g/mol. The number of rotatable bonds is 1. The minimum Gasteiger partial charge on any atom is -0.464 e. The summed E-state index contributed by atoms with van der Waals surface area (Å²) in [6, 6.07) is 4.56. The van der Waals surface area contributed by atoms with Crippen LogP contribution in [0.5, 0.6) is 5.75 Å². The SMILES string of the molecule is CC/C=C1/C=COc2ccc(F)cc21. The Balaban J connectivity index is 2.52. The quantitative estimate of drug-likeness (QED) is 0.658. The molecule has 0 amide bonds. The highest BCUT2D eigenvalue weighted by Crippen LogP contribution is 2.31. The second kappa shape index (κ2) is 3.66. The summed E-state index contributed by atoms with van der Waals surface area (Å²) in [7, 11) is 0. The first-order valence-corrected chi connectivity index (χ1v) is 4.64. The molecule has 0 bridgehead atoms. The highest BCUT2D eigenvalue weighted by molar-refractivity contribution is 5.79. The number of benzene rings is 1. The average Bonchev–Trinajstić information content (AvgIpc) is 2.19. The Labute approximate surface area is 82.5 Å². The predicted octanol–water partition coefficient (Wildman–Crippen LogP) is 3.53. The van der Waals surface area contributed by atoms with Crippen LogP contribution in [0.1, 0.15) is 18.9 Å². The van der Waals surface area contributed by atoms with E-state index in [1.165, 1.54) is 12.1 Å². The number of allylic oxidation sites excluding steroid dienone is 3. The van der Waals surface area contributed by atoms with Gasteiger partial charge in [0.05, 0.1) is 6.26 Å². The van der Waals surface area contributed by atoms with Gasteiger partial charge in [-0.3, -0.25) is 0 Å². The normalized spacial score (nSPS) is 16.6. The molecular formula is C12H11FO. The lowest BCUT2D eigenvalue weighted by molar-refractivity contribution is 0.473. The summed E-state index contributed by atoms with van der Waals surface area (Å²) >= 11 is 0. The maximum absolute atomic E-state index is 13.0. The second-order valence-corrected chi connectivity index (χ2v) is 3.13. The molecule has 72 valence electrons. The van der Waals surface area contributed by atoms with Gasteiger partial charge in [-0.25, -0.2) is 4.39 Å². The first kappa shape index (κ1) is 9.00. The third kappa shape index (κ3) is 1.55. The minimum atomic E-state index is -0.232. The first-order chi connectivity index (χ1) is 6.81. The van der Waals surface area contributed by atoms with Crippen molar-refractivity contribution in [2.24, 2.45) is 0 Å². The zero-order chi connectivity index (χ0) is 9.97. The van der Waals surface area contributed by atoms with Crippen molar-refractivity contribution in [1.82, 2.24) is 0 Å². The molecule has 1 aliphatic heterocycles. The number of hydrogen-bond donors (Lipinski definition) is 0. The van der Waals surface area contributed by atoms with E-state index in [1.54, 1.807) is 12.3 Å². The number of fused-ring (bicyclic) bond motifs is 1. The lowest BCUT2D eigenvalue weighted by Gasteiger charge is -2.14. The molecule has 1 nitrogen and oxygen atoms in total. The van der Waals surface area contributed by atoms with Gasteiger partial charge in [-0.1, -0.05) is 13.0 Å². The van der Waals surface area contributed by atoms with E-state index < -0.39 is 0 Å². The van der Waals surface area contributed by atoms with Crippen molar-refractivity contribution in [3.63, 3.8) is 0 Å². The fraction of sp³-hybridized carbons (Fsp3) is 0.167. The molecule has 2 heteroatoms. The van der Waals surface area contributed by atoms with Crippen LogP contribution < -0.4 is 4.74 Å². The van der Waals surface area contributed by atoms with Gasteiger partial charge in [-0.05, 0) is 36.3 Å². The number of halogens is 1. The predicted molar refractivity (Wildman–Crippen MR) is 54.4 cm³/mol. The fourth-order valence-corrected chi connectivity index (χ4v) is 1.50. The molecule has 0 saturated heterocycles. The summed E-state index contributed by atoms with van der Waals surface area (Å²) in [5, 5.41) is 0. The Morgan fingerprint density at radius 1 is 1.43 bits per heavy atom. The van der Waals surface area contributed by atoms with E-state index in [2.05, 4.69) is 13.0 Å². The number of hydrogen-bond acceptors (Lipinski definition) is 1. The van der Waals surface area contributed by atoms with Gasteiger partial charge in [-0.2, -0.15) is 0 Å². The van der Waals surface area contributed by atoms with E-state index in [-0.39, 0.29) is 5.82 Å². The van der Waals surface area contributed by atoms with Crippen molar-refractivity contribution in [2.75, 3.05) is 0 Å². The summed E-state index contributed by atoms with van der Waals surface area (Å²) in [6.07, 6.45) is 6.46. The van der Waals surface area contributed by atoms with E-state index in [9.17, 15) is 4.39 Å². The van der Waals surface area contributed by atoms with Gasteiger partial charge < -0.3 is 4.74 Å². The van der Waals surface area contributed by atoms with Gasteiger partial charge in [-0.15, -0.1) is 0 Å². The van der Waals surface area contributed by atoms with E-state index in [1.807, 2.05) is 6.08 Å². The van der Waals surface area contributed by atoms with E-state index in [4.69, 9.17) is 4.74 Å². The van der Waals surface area contributed by atoms with Crippen molar-refractivity contribution in [2.45, 2.75) is 13.3 Å². The van der Waals surface area contributed by atoms with E-state index in [0.29, 0.717) is 5.75 Å². The van der Waals surface area contributed by atoms with Crippen molar-refractivity contribution in [3.05, 3.63) is 48.0 Å². The van der Waals surface area contributed by atoms with Crippen LogP contribution in [0, 0.1) is 5.82 Å². The Hall–Kier alpha value is -1.57. The van der Waals surface area contributed by atoms with Crippen molar-refractivity contribution in [1.29, 1.82) is 0 Å². The van der Waals surface area contributed by atoms with Gasteiger partial charge in [0, 0.05) is 5.56 Å². The maximum Gasteiger partial charge on any atom is 0.134 e. The largest absolute Gasteiger partial charge is 0.464 e. The van der Waals surface area contributed by atoms with Crippen LogP contribution in [0.25, 0.3) is 5.57 Å². The molecule has 0 unspecified atom stereocenters. The van der Waals surface area contributed by atoms with Crippen LogP contribution in [-0.2, 0) is 0 Å². The highest BCUT2D eigenvalue weighted by Gasteiger charge is 2.11. The summed E-state index contributed by atoms with van der Waals surface area (Å²) in [6.45, 7) is 2.05. The first-order valence-electron chi connectivity index (χ1n) is 4.64. The van der Waals surface area contributed by atoms with Gasteiger partial charge in [0.2, 0.25) is 0 Å². The van der Waals surface area contributed by atoms with Crippen LogP contribution in [0.15, 0.2) is 36.6 Å². The molecule has 0 spiro atoms. The van der Waals surface area contributed by atoms with Gasteiger partial charge in [0.15, 0.2) is 0 Å². The smallest absolute Gasteiger partial charge is 0.134 e. The van der Waals surface area contributed by atoms with Crippen molar-refractivity contribution in [3.8, 4) is 5.75 Å². The molecule has 0 atom stereocenters. The van der Waals surface area contributed by atoms with Crippen LogP contribution >= 0.6 is 0 Å². The van der Waals surface area contributed by atoms with E-state index in [0.717, 1.165) is 17.6 Å². The zero-order valence-corrected chi connectivity index (χ0v) is 7.96. The van der Waals surface area contributed by atoms with Crippen LogP contribution in [-0.4, -0.2) is 0 Å². The molecule has 0 aliphatic carbocycles. The lowest BCUT2D eigenvalue weighted by Crippen LogP contribution is -1.96. The maximum atomic E-state index is 13.0. The van der Waals surface area contributed by atoms with Gasteiger partial charge in [0.1, 0.15) is 11.6 Å². The molecule has 0 N–H and O–H groups in total. The molecule has 0 radical (unpaired) electrons. The highest BCUT2D eigenvalue weighted by atomic mass is 19.1. The summed E-state index contributed by atoms with van der Waals surface area (Å²) in [4.78, 5) is 0. The summed E-state index contributed by atoms with van der Waals surface area (Å²) in [5.41, 5.74) is 1.85. The van der Waals surface area contributed by atoms with Crippen molar-refractivity contribution >= 4 is 5.57 Å². The van der Waals surface area contributed by atoms with Crippen LogP contribution in [0.4, 0.5) is 4.39 Å². The molecular weight excluding hydrogens is 179 g/mol. The Morgan fingerprint density at radius 2 is 2.29 bits per heavy atom. The standard InChI is InChI=1S/C12H11FO/c1-2-3-9-6-7-14-12-5-4-10(13)8-11(9)12/h3-8H,2H2,1H3/b9-3-. The van der Waals surface area contributed by atoms with Crippen LogP contribution in [0.2, 0.25) is 0 Å². The van der Waals surface area contributed by atoms with Gasteiger partial charge in [0.25, 0.3) is 0 Å². The number of ether oxygens (including phenoxy) is 1. The second-order valence-electron chi connectivity index (χ2n) is 3.13. The fourth-order valence-electron chi connectivity index (χ4n) is 1.50. The molecule has 0 saturated carbocycles. The topological polar surface area (TPSA) is 9.23 Å². The Kier molecular flexibility index (Phi) is 2.35. The van der Waals surface area contributed by atoms with E-state index >= 15 is 0 Å². The summed E-state index contributed by atoms with van der Waals surface area (Å²) < 4.78 is 18.3.